The number of nitrogens with zero attached hydrogens (tertiary/aromatic N) is 3. The molecule has 1 aliphatic rings. The van der Waals surface area contributed by atoms with Gasteiger partial charge in [0.2, 0.25) is 5.95 Å². The number of piperidine rings is 1. The van der Waals surface area contributed by atoms with Crippen LogP contribution in [0.5, 0.6) is 0 Å². The zero-order valence-electron chi connectivity index (χ0n) is 11.3. The fourth-order valence-electron chi connectivity index (χ4n) is 2.52. The zero-order valence-corrected chi connectivity index (χ0v) is 14.4. The summed E-state index contributed by atoms with van der Waals surface area (Å²) in [6.07, 6.45) is 3.57. The summed E-state index contributed by atoms with van der Waals surface area (Å²) in [5, 5.41) is 0.782. The lowest BCUT2D eigenvalue weighted by Gasteiger charge is -2.27. The minimum atomic E-state index is 0.391. The van der Waals surface area contributed by atoms with Crippen LogP contribution >= 0.6 is 39.1 Å². The molecule has 0 saturated carbocycles. The van der Waals surface area contributed by atoms with Gasteiger partial charge in [-0.15, -0.1) is 0 Å². The van der Waals surface area contributed by atoms with Crippen LogP contribution in [0.4, 0.5) is 5.95 Å². The first-order chi connectivity index (χ1) is 10.2. The van der Waals surface area contributed by atoms with E-state index in [1.807, 2.05) is 24.3 Å². The van der Waals surface area contributed by atoms with Crippen molar-refractivity contribution >= 4 is 45.1 Å². The molecule has 0 amide bonds. The highest BCUT2D eigenvalue weighted by Crippen LogP contribution is 2.37. The van der Waals surface area contributed by atoms with Gasteiger partial charge in [-0.25, -0.2) is 9.97 Å². The first-order valence-corrected chi connectivity index (χ1v) is 8.44. The van der Waals surface area contributed by atoms with Crippen LogP contribution < -0.4 is 4.90 Å². The molecule has 6 heteroatoms. The number of hydrogen-bond donors (Lipinski definition) is 0. The topological polar surface area (TPSA) is 29.0 Å². The van der Waals surface area contributed by atoms with Crippen molar-refractivity contribution in [3.63, 3.8) is 0 Å². The lowest BCUT2D eigenvalue weighted by Crippen LogP contribution is -2.31. The number of benzene rings is 1. The van der Waals surface area contributed by atoms with Crippen molar-refractivity contribution in [3.05, 3.63) is 39.0 Å². The molecule has 0 aliphatic carbocycles. The SMILES string of the molecule is Clc1nc(N2CCCCC2)nc(Cl)c1-c1ccccc1Br. The van der Waals surface area contributed by atoms with Crippen LogP contribution in [0.1, 0.15) is 19.3 Å². The van der Waals surface area contributed by atoms with E-state index in [1.165, 1.54) is 6.42 Å². The van der Waals surface area contributed by atoms with Crippen molar-refractivity contribution in [2.75, 3.05) is 18.0 Å². The van der Waals surface area contributed by atoms with Gasteiger partial charge in [-0.05, 0) is 25.3 Å². The van der Waals surface area contributed by atoms with Crippen molar-refractivity contribution < 1.29 is 0 Å². The highest BCUT2D eigenvalue weighted by molar-refractivity contribution is 9.10. The molecule has 1 aromatic heterocycles. The molecule has 110 valence electrons. The lowest BCUT2D eigenvalue weighted by atomic mass is 10.1. The van der Waals surface area contributed by atoms with Crippen molar-refractivity contribution in [2.24, 2.45) is 0 Å². The number of aromatic nitrogens is 2. The van der Waals surface area contributed by atoms with Crippen LogP contribution in [0.2, 0.25) is 10.3 Å². The van der Waals surface area contributed by atoms with Crippen LogP contribution in [0.25, 0.3) is 11.1 Å². The van der Waals surface area contributed by atoms with E-state index in [0.29, 0.717) is 21.8 Å². The number of halogens is 3. The molecule has 0 spiro atoms. The molecular weight excluding hydrogens is 373 g/mol. The Labute approximate surface area is 142 Å². The maximum atomic E-state index is 6.38. The molecule has 2 heterocycles. The third-order valence-electron chi connectivity index (χ3n) is 3.59. The van der Waals surface area contributed by atoms with Crippen LogP contribution in [-0.4, -0.2) is 23.1 Å². The van der Waals surface area contributed by atoms with Gasteiger partial charge in [0.05, 0.1) is 5.56 Å². The van der Waals surface area contributed by atoms with Gasteiger partial charge in [0.1, 0.15) is 10.3 Å². The van der Waals surface area contributed by atoms with Crippen molar-refractivity contribution in [1.29, 1.82) is 0 Å². The second kappa shape index (κ2) is 6.51. The molecule has 3 nitrogen and oxygen atoms in total. The second-order valence-corrected chi connectivity index (χ2v) is 6.58. The summed E-state index contributed by atoms with van der Waals surface area (Å²) in [5.74, 6) is 0.625. The van der Waals surface area contributed by atoms with E-state index in [2.05, 4.69) is 30.8 Å². The molecular formula is C15H14BrCl2N3. The molecule has 1 aromatic carbocycles. The van der Waals surface area contributed by atoms with E-state index in [1.54, 1.807) is 0 Å². The molecule has 21 heavy (non-hydrogen) atoms. The van der Waals surface area contributed by atoms with E-state index in [0.717, 1.165) is 36.0 Å². The Morgan fingerprint density at radius 2 is 1.57 bits per heavy atom. The normalized spacial score (nSPS) is 15.3. The smallest absolute Gasteiger partial charge is 0.228 e. The Morgan fingerprint density at radius 1 is 0.952 bits per heavy atom. The molecule has 1 aliphatic heterocycles. The predicted molar refractivity (Wildman–Crippen MR) is 91.3 cm³/mol. The number of hydrogen-bond acceptors (Lipinski definition) is 3. The maximum absolute atomic E-state index is 6.38. The molecule has 1 saturated heterocycles. The predicted octanol–water partition coefficient (Wildman–Crippen LogP) is 5.20. The third-order valence-corrected chi connectivity index (χ3v) is 4.83. The highest BCUT2D eigenvalue weighted by atomic mass is 79.9. The van der Waals surface area contributed by atoms with Gasteiger partial charge < -0.3 is 4.90 Å². The van der Waals surface area contributed by atoms with Crippen LogP contribution in [-0.2, 0) is 0 Å². The minimum Gasteiger partial charge on any atom is -0.341 e. The van der Waals surface area contributed by atoms with Crippen molar-refractivity contribution in [3.8, 4) is 11.1 Å². The number of anilines is 1. The minimum absolute atomic E-state index is 0.391. The third kappa shape index (κ3) is 3.17. The average molecular weight is 387 g/mol. The summed E-state index contributed by atoms with van der Waals surface area (Å²) in [7, 11) is 0. The maximum Gasteiger partial charge on any atom is 0.228 e. The highest BCUT2D eigenvalue weighted by Gasteiger charge is 2.19. The van der Waals surface area contributed by atoms with Gasteiger partial charge in [-0.1, -0.05) is 57.3 Å². The van der Waals surface area contributed by atoms with E-state index < -0.39 is 0 Å². The molecule has 2 aromatic rings. The first-order valence-electron chi connectivity index (χ1n) is 6.89. The summed E-state index contributed by atoms with van der Waals surface area (Å²) >= 11 is 16.3. The summed E-state index contributed by atoms with van der Waals surface area (Å²) in [5.41, 5.74) is 1.57. The standard InChI is InChI=1S/C15H14BrCl2N3/c16-11-7-3-2-6-10(11)12-13(17)19-15(20-14(12)18)21-8-4-1-5-9-21/h2-3,6-7H,1,4-5,8-9H2. The molecule has 0 N–H and O–H groups in total. The second-order valence-electron chi connectivity index (χ2n) is 5.01. The van der Waals surface area contributed by atoms with E-state index in [4.69, 9.17) is 23.2 Å². The Bertz CT molecular complexity index is 634. The fourth-order valence-corrected chi connectivity index (χ4v) is 3.58. The van der Waals surface area contributed by atoms with Gasteiger partial charge in [0.15, 0.2) is 0 Å². The van der Waals surface area contributed by atoms with Crippen molar-refractivity contribution in [2.45, 2.75) is 19.3 Å². The van der Waals surface area contributed by atoms with E-state index in [9.17, 15) is 0 Å². The molecule has 1 fully saturated rings. The summed E-state index contributed by atoms with van der Waals surface area (Å²) in [6.45, 7) is 1.92. The molecule has 0 atom stereocenters. The van der Waals surface area contributed by atoms with Gasteiger partial charge in [0, 0.05) is 23.1 Å². The van der Waals surface area contributed by atoms with Gasteiger partial charge in [0.25, 0.3) is 0 Å². The summed E-state index contributed by atoms with van der Waals surface area (Å²) in [6, 6.07) is 7.77. The lowest BCUT2D eigenvalue weighted by molar-refractivity contribution is 0.568. The first kappa shape index (κ1) is 15.1. The largest absolute Gasteiger partial charge is 0.341 e. The molecule has 0 unspecified atom stereocenters. The Kier molecular flexibility index (Phi) is 4.67. The van der Waals surface area contributed by atoms with E-state index in [-0.39, 0.29) is 0 Å². The van der Waals surface area contributed by atoms with Crippen molar-refractivity contribution in [1.82, 2.24) is 9.97 Å². The van der Waals surface area contributed by atoms with E-state index >= 15 is 0 Å². The Morgan fingerprint density at radius 3 is 2.19 bits per heavy atom. The van der Waals surface area contributed by atoms with Crippen LogP contribution in [0.15, 0.2) is 28.7 Å². The zero-order chi connectivity index (χ0) is 14.8. The van der Waals surface area contributed by atoms with Crippen LogP contribution in [0.3, 0.4) is 0 Å². The molecule has 3 rings (SSSR count). The monoisotopic (exact) mass is 385 g/mol. The summed E-state index contributed by atoms with van der Waals surface area (Å²) < 4.78 is 0.920. The Hall–Kier alpha value is -0.840. The molecule has 0 radical (unpaired) electrons. The fraction of sp³-hybridized carbons (Fsp3) is 0.333. The molecule has 0 bridgehead atoms. The van der Waals surface area contributed by atoms with Gasteiger partial charge in [-0.3, -0.25) is 0 Å². The summed E-state index contributed by atoms with van der Waals surface area (Å²) in [4.78, 5) is 11.0. The Balaban J connectivity index is 2.02. The number of rotatable bonds is 2. The van der Waals surface area contributed by atoms with Gasteiger partial charge >= 0.3 is 0 Å². The quantitative estimate of drug-likeness (QED) is 0.664. The average Bonchev–Trinajstić information content (AvgIpc) is 2.49. The van der Waals surface area contributed by atoms with Crippen LogP contribution in [0, 0.1) is 0 Å². The van der Waals surface area contributed by atoms with Gasteiger partial charge in [-0.2, -0.15) is 0 Å².